The standard InChI is InChI=1S/C20H21N/c1-19(2,3)14-9-10-15-17(11-14)20(4,5)16-8-6-7-13(12-21)18(15)16/h6-11H,1-5H3. The normalized spacial score (nSPS) is 15.2. The van der Waals surface area contributed by atoms with Gasteiger partial charge in [-0.3, -0.25) is 0 Å². The number of fused-ring (bicyclic) bond motifs is 3. The zero-order valence-electron chi connectivity index (χ0n) is 13.4. The third kappa shape index (κ3) is 1.90. The fraction of sp³-hybridized carbons (Fsp3) is 0.350. The Kier molecular flexibility index (Phi) is 2.79. The molecule has 1 aliphatic rings. The van der Waals surface area contributed by atoms with E-state index in [1.54, 1.807) is 0 Å². The van der Waals surface area contributed by atoms with Gasteiger partial charge in [0.05, 0.1) is 11.6 Å². The molecule has 2 aromatic carbocycles. The molecule has 0 amide bonds. The minimum absolute atomic E-state index is 0.0429. The fourth-order valence-corrected chi connectivity index (χ4v) is 3.35. The quantitative estimate of drug-likeness (QED) is 0.651. The molecule has 21 heavy (non-hydrogen) atoms. The van der Waals surface area contributed by atoms with Crippen LogP contribution in [0.5, 0.6) is 0 Å². The van der Waals surface area contributed by atoms with Crippen LogP contribution in [0, 0.1) is 11.3 Å². The van der Waals surface area contributed by atoms with E-state index in [2.05, 4.69) is 65.0 Å². The van der Waals surface area contributed by atoms with Crippen LogP contribution in [0.3, 0.4) is 0 Å². The smallest absolute Gasteiger partial charge is 0.0998 e. The van der Waals surface area contributed by atoms with Gasteiger partial charge in [-0.1, -0.05) is 65.0 Å². The highest BCUT2D eigenvalue weighted by Crippen LogP contribution is 2.50. The Morgan fingerprint density at radius 1 is 1.00 bits per heavy atom. The van der Waals surface area contributed by atoms with Gasteiger partial charge in [0, 0.05) is 11.0 Å². The Bertz CT molecular complexity index is 767. The summed E-state index contributed by atoms with van der Waals surface area (Å²) in [4.78, 5) is 0. The first-order valence-electron chi connectivity index (χ1n) is 7.46. The summed E-state index contributed by atoms with van der Waals surface area (Å²) in [5.41, 5.74) is 7.18. The van der Waals surface area contributed by atoms with Crippen LogP contribution < -0.4 is 0 Å². The molecular formula is C20H21N. The number of nitriles is 1. The molecule has 0 aliphatic heterocycles. The second-order valence-corrected chi connectivity index (χ2v) is 7.48. The lowest BCUT2D eigenvalue weighted by molar-refractivity contribution is 0.584. The van der Waals surface area contributed by atoms with Crippen molar-refractivity contribution in [2.75, 3.05) is 0 Å². The van der Waals surface area contributed by atoms with E-state index in [1.807, 2.05) is 12.1 Å². The highest BCUT2D eigenvalue weighted by molar-refractivity contribution is 5.85. The van der Waals surface area contributed by atoms with E-state index < -0.39 is 0 Å². The minimum atomic E-state index is -0.0429. The number of hydrogen-bond donors (Lipinski definition) is 0. The molecule has 0 unspecified atom stereocenters. The van der Waals surface area contributed by atoms with E-state index in [1.165, 1.54) is 22.3 Å². The summed E-state index contributed by atoms with van der Waals surface area (Å²) in [5, 5.41) is 9.43. The molecule has 106 valence electrons. The first-order chi connectivity index (χ1) is 9.76. The molecular weight excluding hydrogens is 254 g/mol. The highest BCUT2D eigenvalue weighted by Gasteiger charge is 2.37. The van der Waals surface area contributed by atoms with Gasteiger partial charge >= 0.3 is 0 Å². The second-order valence-electron chi connectivity index (χ2n) is 7.48. The molecule has 0 bridgehead atoms. The Labute approximate surface area is 127 Å². The first-order valence-corrected chi connectivity index (χ1v) is 7.46. The fourth-order valence-electron chi connectivity index (χ4n) is 3.35. The molecule has 0 N–H and O–H groups in total. The van der Waals surface area contributed by atoms with Gasteiger partial charge in [0.25, 0.3) is 0 Å². The molecule has 0 radical (unpaired) electrons. The Hall–Kier alpha value is -2.07. The summed E-state index contributed by atoms with van der Waals surface area (Å²) in [6.45, 7) is 11.2. The number of nitrogens with zero attached hydrogens (tertiary/aromatic N) is 1. The summed E-state index contributed by atoms with van der Waals surface area (Å²) in [6.07, 6.45) is 0. The molecule has 3 rings (SSSR count). The van der Waals surface area contributed by atoms with E-state index in [0.717, 1.165) is 11.1 Å². The summed E-state index contributed by atoms with van der Waals surface area (Å²) >= 11 is 0. The van der Waals surface area contributed by atoms with Gasteiger partial charge in [-0.15, -0.1) is 0 Å². The zero-order chi connectivity index (χ0) is 15.4. The van der Waals surface area contributed by atoms with Crippen LogP contribution in [-0.2, 0) is 10.8 Å². The maximum Gasteiger partial charge on any atom is 0.0998 e. The average molecular weight is 275 g/mol. The van der Waals surface area contributed by atoms with Crippen LogP contribution in [0.2, 0.25) is 0 Å². The van der Waals surface area contributed by atoms with Crippen molar-refractivity contribution in [3.8, 4) is 17.2 Å². The third-order valence-corrected chi connectivity index (χ3v) is 4.69. The topological polar surface area (TPSA) is 23.8 Å². The van der Waals surface area contributed by atoms with Gasteiger partial charge in [0.2, 0.25) is 0 Å². The van der Waals surface area contributed by atoms with Gasteiger partial charge in [-0.25, -0.2) is 0 Å². The van der Waals surface area contributed by atoms with Crippen LogP contribution in [-0.4, -0.2) is 0 Å². The number of rotatable bonds is 0. The molecule has 1 aliphatic carbocycles. The van der Waals surface area contributed by atoms with E-state index in [9.17, 15) is 5.26 Å². The molecule has 0 fully saturated rings. The Morgan fingerprint density at radius 2 is 1.71 bits per heavy atom. The van der Waals surface area contributed by atoms with Gasteiger partial charge in [-0.2, -0.15) is 5.26 Å². The van der Waals surface area contributed by atoms with Crippen LogP contribution in [0.4, 0.5) is 0 Å². The number of hydrogen-bond acceptors (Lipinski definition) is 1. The van der Waals surface area contributed by atoms with Crippen LogP contribution in [0.1, 0.15) is 56.9 Å². The Morgan fingerprint density at radius 3 is 2.33 bits per heavy atom. The van der Waals surface area contributed by atoms with Crippen molar-refractivity contribution in [2.45, 2.75) is 45.4 Å². The Balaban J connectivity index is 2.34. The monoisotopic (exact) mass is 275 g/mol. The van der Waals surface area contributed by atoms with Crippen LogP contribution >= 0.6 is 0 Å². The van der Waals surface area contributed by atoms with Crippen molar-refractivity contribution in [1.82, 2.24) is 0 Å². The van der Waals surface area contributed by atoms with Crippen molar-refractivity contribution < 1.29 is 0 Å². The second kappa shape index (κ2) is 4.21. The van der Waals surface area contributed by atoms with Crippen molar-refractivity contribution in [2.24, 2.45) is 0 Å². The summed E-state index contributed by atoms with van der Waals surface area (Å²) in [6, 6.07) is 15.2. The van der Waals surface area contributed by atoms with Crippen LogP contribution in [0.25, 0.3) is 11.1 Å². The van der Waals surface area contributed by atoms with Crippen molar-refractivity contribution in [3.05, 3.63) is 58.7 Å². The van der Waals surface area contributed by atoms with Crippen molar-refractivity contribution in [1.29, 1.82) is 5.26 Å². The average Bonchev–Trinajstić information content (AvgIpc) is 2.66. The maximum atomic E-state index is 9.43. The number of benzene rings is 2. The van der Waals surface area contributed by atoms with Crippen LogP contribution in [0.15, 0.2) is 36.4 Å². The van der Waals surface area contributed by atoms with Gasteiger partial charge < -0.3 is 0 Å². The largest absolute Gasteiger partial charge is 0.192 e. The van der Waals surface area contributed by atoms with Gasteiger partial charge in [0.15, 0.2) is 0 Å². The van der Waals surface area contributed by atoms with E-state index in [-0.39, 0.29) is 10.8 Å². The third-order valence-electron chi connectivity index (χ3n) is 4.69. The summed E-state index contributed by atoms with van der Waals surface area (Å²) in [5.74, 6) is 0. The van der Waals surface area contributed by atoms with Gasteiger partial charge in [-0.05, 0) is 33.7 Å². The summed E-state index contributed by atoms with van der Waals surface area (Å²) in [7, 11) is 0. The van der Waals surface area contributed by atoms with Crippen molar-refractivity contribution >= 4 is 0 Å². The SMILES string of the molecule is CC(C)(C)c1ccc2c(c1)C(C)(C)c1cccc(C#N)c1-2. The molecule has 0 heterocycles. The molecule has 0 saturated heterocycles. The lowest BCUT2D eigenvalue weighted by Gasteiger charge is -2.25. The molecule has 0 spiro atoms. The van der Waals surface area contributed by atoms with E-state index in [4.69, 9.17) is 0 Å². The lowest BCUT2D eigenvalue weighted by Crippen LogP contribution is -2.17. The van der Waals surface area contributed by atoms with E-state index in [0.29, 0.717) is 0 Å². The molecule has 0 saturated carbocycles. The van der Waals surface area contributed by atoms with Crippen molar-refractivity contribution in [3.63, 3.8) is 0 Å². The molecule has 0 aromatic heterocycles. The zero-order valence-corrected chi connectivity index (χ0v) is 13.4. The molecule has 2 aromatic rings. The minimum Gasteiger partial charge on any atom is -0.192 e. The first kappa shape index (κ1) is 13.9. The summed E-state index contributed by atoms with van der Waals surface area (Å²) < 4.78 is 0. The predicted octanol–water partition coefficient (Wildman–Crippen LogP) is 5.16. The van der Waals surface area contributed by atoms with Gasteiger partial charge in [0.1, 0.15) is 0 Å². The lowest BCUT2D eigenvalue weighted by atomic mass is 9.79. The molecule has 0 atom stereocenters. The molecule has 1 heteroatoms. The molecule has 1 nitrogen and oxygen atoms in total. The highest BCUT2D eigenvalue weighted by atomic mass is 14.4. The predicted molar refractivity (Wildman–Crippen MR) is 87.4 cm³/mol. The maximum absolute atomic E-state index is 9.43. The van der Waals surface area contributed by atoms with E-state index >= 15 is 0 Å².